The minimum atomic E-state index is -4.26. The van der Waals surface area contributed by atoms with Gasteiger partial charge in [0.15, 0.2) is 5.03 Å². The Kier molecular flexibility index (Phi) is 7.16. The topological polar surface area (TPSA) is 111 Å². The fraction of sp³-hybridized carbons (Fsp3) is 0.346. The molecule has 1 aliphatic heterocycles. The molecule has 3 heterocycles. The number of carbonyl (C=O) groups is 1. The molecule has 1 amide bonds. The van der Waals surface area contributed by atoms with Crippen LogP contribution in [0.25, 0.3) is 0 Å². The summed E-state index contributed by atoms with van der Waals surface area (Å²) in [6.45, 7) is 7.27. The van der Waals surface area contributed by atoms with Gasteiger partial charge in [-0.25, -0.2) is 9.71 Å². The zero-order chi connectivity index (χ0) is 25.9. The number of pyridine rings is 2. The summed E-state index contributed by atoms with van der Waals surface area (Å²) in [5.41, 5.74) is 0.830. The lowest BCUT2D eigenvalue weighted by atomic mass is 9.90. The van der Waals surface area contributed by atoms with Crippen LogP contribution in [0.3, 0.4) is 0 Å². The normalized spacial score (nSPS) is 17.0. The van der Waals surface area contributed by atoms with Gasteiger partial charge >= 0.3 is 0 Å². The highest BCUT2D eigenvalue weighted by Crippen LogP contribution is 2.38. The minimum absolute atomic E-state index is 0.121. The van der Waals surface area contributed by atoms with Crippen molar-refractivity contribution in [2.45, 2.75) is 44.4 Å². The first kappa shape index (κ1) is 25.4. The highest BCUT2D eigenvalue weighted by molar-refractivity contribution is 7.90. The first-order valence-electron chi connectivity index (χ1n) is 11.6. The molecule has 10 heteroatoms. The highest BCUT2D eigenvalue weighted by Gasteiger charge is 2.40. The number of hydrogen-bond acceptors (Lipinski definition) is 8. The predicted molar refractivity (Wildman–Crippen MR) is 136 cm³/mol. The first-order chi connectivity index (χ1) is 17.1. The maximum absolute atomic E-state index is 13.1. The largest absolute Gasteiger partial charge is 0.497 e. The molecule has 3 aromatic rings. The number of nitrogens with one attached hydrogen (secondary N) is 1. The third-order valence-corrected chi connectivity index (χ3v) is 7.95. The van der Waals surface area contributed by atoms with Crippen molar-refractivity contribution in [2.75, 3.05) is 18.6 Å². The number of rotatable bonds is 8. The van der Waals surface area contributed by atoms with E-state index in [1.807, 2.05) is 12.1 Å². The molecular formula is C26H30N4O5S. The quantitative estimate of drug-likeness (QED) is 0.487. The highest BCUT2D eigenvalue weighted by atomic mass is 32.2. The Hall–Kier alpha value is -3.66. The number of benzene rings is 1. The Balaban J connectivity index is 1.50. The van der Waals surface area contributed by atoms with Crippen LogP contribution >= 0.6 is 0 Å². The van der Waals surface area contributed by atoms with Crippen molar-refractivity contribution in [2.24, 2.45) is 5.92 Å². The summed E-state index contributed by atoms with van der Waals surface area (Å²) in [6.07, 6.45) is 2.56. The molecule has 36 heavy (non-hydrogen) atoms. The van der Waals surface area contributed by atoms with Gasteiger partial charge in [-0.3, -0.25) is 4.79 Å². The van der Waals surface area contributed by atoms with E-state index in [4.69, 9.17) is 9.47 Å². The summed E-state index contributed by atoms with van der Waals surface area (Å²) in [4.78, 5) is 23.7. The van der Waals surface area contributed by atoms with Crippen molar-refractivity contribution < 1.29 is 22.7 Å². The summed E-state index contributed by atoms with van der Waals surface area (Å²) in [7, 11) is -2.67. The van der Waals surface area contributed by atoms with Crippen molar-refractivity contribution in [3.8, 4) is 11.6 Å². The van der Waals surface area contributed by atoms with Gasteiger partial charge in [0.2, 0.25) is 5.88 Å². The van der Waals surface area contributed by atoms with E-state index in [9.17, 15) is 13.2 Å². The fourth-order valence-electron chi connectivity index (χ4n) is 4.13. The molecule has 190 valence electrons. The van der Waals surface area contributed by atoms with Crippen LogP contribution in [0.5, 0.6) is 11.6 Å². The molecule has 1 fully saturated rings. The van der Waals surface area contributed by atoms with E-state index in [2.05, 4.69) is 40.4 Å². The third-order valence-electron chi connectivity index (χ3n) is 6.72. The smallest absolute Gasteiger partial charge is 0.281 e. The van der Waals surface area contributed by atoms with E-state index in [1.165, 1.54) is 12.1 Å². The van der Waals surface area contributed by atoms with E-state index in [1.54, 1.807) is 43.6 Å². The van der Waals surface area contributed by atoms with E-state index < -0.39 is 15.9 Å². The number of sulfonamides is 1. The molecule has 0 spiro atoms. The van der Waals surface area contributed by atoms with Crippen molar-refractivity contribution in [3.05, 3.63) is 71.9 Å². The molecule has 1 atom stereocenters. The molecule has 1 unspecified atom stereocenters. The van der Waals surface area contributed by atoms with E-state index >= 15 is 0 Å². The van der Waals surface area contributed by atoms with Crippen molar-refractivity contribution in [1.29, 1.82) is 0 Å². The Morgan fingerprint density at radius 2 is 1.89 bits per heavy atom. The second kappa shape index (κ2) is 10.1. The molecule has 2 aromatic heterocycles. The molecule has 9 nitrogen and oxygen atoms in total. The number of carbonyl (C=O) groups excluding carboxylic acids is 1. The van der Waals surface area contributed by atoms with Gasteiger partial charge in [0.1, 0.15) is 18.2 Å². The molecule has 1 aromatic carbocycles. The Labute approximate surface area is 211 Å². The van der Waals surface area contributed by atoms with Crippen molar-refractivity contribution >= 4 is 21.7 Å². The number of methoxy groups -OCH3 is 1. The van der Waals surface area contributed by atoms with E-state index in [-0.39, 0.29) is 28.6 Å². The Morgan fingerprint density at radius 3 is 2.56 bits per heavy atom. The first-order valence-corrected chi connectivity index (χ1v) is 13.1. The van der Waals surface area contributed by atoms with Crippen molar-refractivity contribution in [1.82, 2.24) is 14.7 Å². The third kappa shape index (κ3) is 5.28. The summed E-state index contributed by atoms with van der Waals surface area (Å²) in [5.74, 6) is 0.934. The van der Waals surface area contributed by atoms with Gasteiger partial charge in [0.05, 0.1) is 12.7 Å². The van der Waals surface area contributed by atoms with Gasteiger partial charge in [0.25, 0.3) is 15.9 Å². The number of nitrogens with zero attached hydrogens (tertiary/aromatic N) is 3. The van der Waals surface area contributed by atoms with Gasteiger partial charge in [-0.1, -0.05) is 25.1 Å². The summed E-state index contributed by atoms with van der Waals surface area (Å²) in [5, 5.41) is -0.316. The zero-order valence-corrected chi connectivity index (χ0v) is 21.6. The maximum Gasteiger partial charge on any atom is 0.281 e. The van der Waals surface area contributed by atoms with Crippen LogP contribution < -0.4 is 19.1 Å². The second-order valence-corrected chi connectivity index (χ2v) is 10.9. The van der Waals surface area contributed by atoms with Gasteiger partial charge < -0.3 is 14.4 Å². The summed E-state index contributed by atoms with van der Waals surface area (Å²) < 4.78 is 39.0. The SMILES string of the molecule is COc1ccc(COc2cccc(S(=O)(=O)NC(=O)c3cccnc3N3CCC(C)C3(C)C)n2)cc1. The molecule has 0 aliphatic carbocycles. The molecule has 0 bridgehead atoms. The molecule has 1 saturated heterocycles. The van der Waals surface area contributed by atoms with Crippen molar-refractivity contribution in [3.63, 3.8) is 0 Å². The molecule has 0 saturated carbocycles. The number of amides is 1. The fourth-order valence-corrected chi connectivity index (χ4v) is 5.06. The second-order valence-electron chi connectivity index (χ2n) is 9.26. The monoisotopic (exact) mass is 510 g/mol. The van der Waals surface area contributed by atoms with Gasteiger partial charge in [0, 0.05) is 24.3 Å². The average molecular weight is 511 g/mol. The van der Waals surface area contributed by atoms with E-state index in [0.29, 0.717) is 11.7 Å². The lowest BCUT2D eigenvalue weighted by molar-refractivity contribution is 0.0981. The number of anilines is 1. The molecule has 4 rings (SSSR count). The standard InChI is InChI=1S/C26H30N4O5S/c1-18-14-16-30(26(18,2)3)24-21(7-6-15-27-24)25(31)29-36(32,33)23-9-5-8-22(28-23)35-17-19-10-12-20(34-4)13-11-19/h5-13,15,18H,14,16-17H2,1-4H3,(H,29,31). The van der Waals surface area contributed by atoms with Crippen LogP contribution in [0.1, 0.15) is 43.1 Å². The number of aromatic nitrogens is 2. The van der Waals surface area contributed by atoms with Gasteiger partial charge in [-0.15, -0.1) is 0 Å². The average Bonchev–Trinajstić information content (AvgIpc) is 3.14. The van der Waals surface area contributed by atoms with Gasteiger partial charge in [-0.05, 0) is 62.1 Å². The maximum atomic E-state index is 13.1. The molecule has 0 radical (unpaired) electrons. The lowest BCUT2D eigenvalue weighted by Crippen LogP contribution is -2.43. The predicted octanol–water partition coefficient (Wildman–Crippen LogP) is 3.81. The van der Waals surface area contributed by atoms with Crippen LogP contribution in [-0.4, -0.2) is 43.5 Å². The molecule has 1 N–H and O–H groups in total. The Bertz CT molecular complexity index is 1340. The zero-order valence-electron chi connectivity index (χ0n) is 20.8. The molecular weight excluding hydrogens is 480 g/mol. The number of ether oxygens (including phenoxy) is 2. The lowest BCUT2D eigenvalue weighted by Gasteiger charge is -2.36. The summed E-state index contributed by atoms with van der Waals surface area (Å²) >= 11 is 0. The van der Waals surface area contributed by atoms with Crippen LogP contribution in [0.15, 0.2) is 65.8 Å². The summed E-state index contributed by atoms with van der Waals surface area (Å²) in [6, 6.07) is 14.9. The minimum Gasteiger partial charge on any atom is -0.497 e. The van der Waals surface area contributed by atoms with Crippen LogP contribution in [0, 0.1) is 5.92 Å². The molecule has 1 aliphatic rings. The van der Waals surface area contributed by atoms with E-state index in [0.717, 1.165) is 24.3 Å². The van der Waals surface area contributed by atoms with Crippen LogP contribution in [-0.2, 0) is 16.6 Å². The Morgan fingerprint density at radius 1 is 1.14 bits per heavy atom. The number of hydrogen-bond donors (Lipinski definition) is 1. The van der Waals surface area contributed by atoms with Crippen LogP contribution in [0.2, 0.25) is 0 Å². The van der Waals surface area contributed by atoms with Crippen LogP contribution in [0.4, 0.5) is 5.82 Å². The van der Waals surface area contributed by atoms with Gasteiger partial charge in [-0.2, -0.15) is 13.4 Å².